The Bertz CT molecular complexity index is 668. The van der Waals surface area contributed by atoms with Gasteiger partial charge in [0.2, 0.25) is 5.89 Å². The van der Waals surface area contributed by atoms with Crippen molar-refractivity contribution in [3.63, 3.8) is 0 Å². The number of hydrogen-bond acceptors (Lipinski definition) is 6. The van der Waals surface area contributed by atoms with E-state index in [0.29, 0.717) is 18.9 Å². The quantitative estimate of drug-likeness (QED) is 0.778. The molecule has 0 spiro atoms. The van der Waals surface area contributed by atoms with E-state index in [0.717, 1.165) is 38.4 Å². The van der Waals surface area contributed by atoms with E-state index in [1.165, 1.54) is 6.26 Å². The largest absolute Gasteiger partial charge is 0.446 e. The first-order valence-corrected chi connectivity index (χ1v) is 8.55. The van der Waals surface area contributed by atoms with E-state index in [1.807, 2.05) is 30.3 Å². The third kappa shape index (κ3) is 5.12. The van der Waals surface area contributed by atoms with E-state index in [-0.39, 0.29) is 17.6 Å². The molecule has 1 amide bonds. The lowest BCUT2D eigenvalue weighted by Crippen LogP contribution is -2.41. The Hall–Kier alpha value is -2.22. The molecule has 1 saturated heterocycles. The Morgan fingerprint density at radius 1 is 1.28 bits per heavy atom. The number of nitrogens with zero attached hydrogens (tertiary/aromatic N) is 2. The monoisotopic (exact) mass is 344 g/mol. The molecule has 1 aliphatic heterocycles. The normalized spacial score (nSPS) is 16.5. The summed E-state index contributed by atoms with van der Waals surface area (Å²) in [6, 6.07) is 9.51. The van der Waals surface area contributed by atoms with Gasteiger partial charge >= 0.3 is 0 Å². The third-order valence-electron chi connectivity index (χ3n) is 4.19. The maximum absolute atomic E-state index is 12.2. The number of hydrogen-bond donors (Lipinski definition) is 2. The van der Waals surface area contributed by atoms with E-state index in [4.69, 9.17) is 14.9 Å². The van der Waals surface area contributed by atoms with Crippen LogP contribution in [-0.4, -0.2) is 55.2 Å². The zero-order chi connectivity index (χ0) is 17.5. The first-order chi connectivity index (χ1) is 12.2. The zero-order valence-corrected chi connectivity index (χ0v) is 14.2. The molecule has 3 rings (SSSR count). The van der Waals surface area contributed by atoms with Gasteiger partial charge in [-0.15, -0.1) is 0 Å². The lowest BCUT2D eigenvalue weighted by molar-refractivity contribution is 0.0383. The van der Waals surface area contributed by atoms with Crippen molar-refractivity contribution in [2.45, 2.75) is 12.5 Å². The molecule has 2 aromatic rings. The van der Waals surface area contributed by atoms with Gasteiger partial charge in [-0.25, -0.2) is 4.98 Å². The van der Waals surface area contributed by atoms with Gasteiger partial charge in [-0.3, -0.25) is 9.69 Å². The fourth-order valence-corrected chi connectivity index (χ4v) is 2.76. The number of nitrogens with two attached hydrogens (primary N) is 1. The Kier molecular flexibility index (Phi) is 6.16. The number of rotatable bonds is 7. The van der Waals surface area contributed by atoms with Crippen LogP contribution in [0.4, 0.5) is 0 Å². The number of aromatic nitrogens is 1. The van der Waals surface area contributed by atoms with Crippen LogP contribution in [0, 0.1) is 0 Å². The number of carbonyl (C=O) groups is 1. The second-order valence-electron chi connectivity index (χ2n) is 6.08. The molecule has 0 radical (unpaired) electrons. The van der Waals surface area contributed by atoms with Crippen molar-refractivity contribution in [1.29, 1.82) is 0 Å². The molecule has 0 saturated carbocycles. The Morgan fingerprint density at radius 2 is 2.04 bits per heavy atom. The minimum atomic E-state index is -0.378. The fraction of sp³-hybridized carbons (Fsp3) is 0.444. The van der Waals surface area contributed by atoms with Gasteiger partial charge in [0.1, 0.15) is 6.26 Å². The molecule has 25 heavy (non-hydrogen) atoms. The second kappa shape index (κ2) is 8.75. The van der Waals surface area contributed by atoms with Crippen molar-refractivity contribution < 1.29 is 13.9 Å². The number of benzene rings is 1. The Labute approximate surface area is 147 Å². The maximum atomic E-state index is 12.2. The van der Waals surface area contributed by atoms with Gasteiger partial charge < -0.3 is 20.2 Å². The summed E-state index contributed by atoms with van der Waals surface area (Å²) in [5.74, 6) is 0.136. The average molecular weight is 344 g/mol. The predicted octanol–water partition coefficient (Wildman–Crippen LogP) is 0.979. The van der Waals surface area contributed by atoms with Gasteiger partial charge in [0.05, 0.1) is 19.3 Å². The van der Waals surface area contributed by atoms with Crippen molar-refractivity contribution in [3.8, 4) is 0 Å². The molecule has 1 atom stereocenters. The molecule has 134 valence electrons. The average Bonchev–Trinajstić information content (AvgIpc) is 3.14. The van der Waals surface area contributed by atoms with Crippen LogP contribution in [0.5, 0.6) is 0 Å². The highest BCUT2D eigenvalue weighted by Gasteiger charge is 2.17. The zero-order valence-electron chi connectivity index (χ0n) is 14.2. The van der Waals surface area contributed by atoms with Crippen LogP contribution < -0.4 is 11.1 Å². The van der Waals surface area contributed by atoms with Gasteiger partial charge in [0.15, 0.2) is 5.69 Å². The van der Waals surface area contributed by atoms with Crippen LogP contribution in [0.1, 0.15) is 28.0 Å². The smallest absolute Gasteiger partial charge is 0.273 e. The number of oxazole rings is 1. The minimum absolute atomic E-state index is 0.241. The number of carbonyl (C=O) groups excluding carboxylic acids is 1. The van der Waals surface area contributed by atoms with Crippen molar-refractivity contribution in [1.82, 2.24) is 15.2 Å². The highest BCUT2D eigenvalue weighted by molar-refractivity contribution is 5.91. The van der Waals surface area contributed by atoms with E-state index in [2.05, 4.69) is 15.2 Å². The lowest BCUT2D eigenvalue weighted by atomic mass is 10.1. The molecule has 1 aromatic heterocycles. The SMILES string of the molecule is NC(Cc1ccccc1)c1nc(C(=O)NCCN2CCOCC2)co1. The third-order valence-corrected chi connectivity index (χ3v) is 4.19. The topological polar surface area (TPSA) is 93.6 Å². The fourth-order valence-electron chi connectivity index (χ4n) is 2.76. The van der Waals surface area contributed by atoms with Crippen molar-refractivity contribution in [2.24, 2.45) is 5.73 Å². The molecular weight excluding hydrogens is 320 g/mol. The molecule has 0 aliphatic carbocycles. The number of amides is 1. The van der Waals surface area contributed by atoms with Crippen molar-refractivity contribution in [2.75, 3.05) is 39.4 Å². The molecule has 2 heterocycles. The Balaban J connectivity index is 1.47. The van der Waals surface area contributed by atoms with Crippen LogP contribution in [0.15, 0.2) is 41.0 Å². The van der Waals surface area contributed by atoms with Crippen LogP contribution in [0.3, 0.4) is 0 Å². The highest BCUT2D eigenvalue weighted by atomic mass is 16.5. The number of nitrogens with one attached hydrogen (secondary N) is 1. The molecule has 1 aromatic carbocycles. The van der Waals surface area contributed by atoms with Crippen LogP contribution in [-0.2, 0) is 11.2 Å². The highest BCUT2D eigenvalue weighted by Crippen LogP contribution is 2.15. The molecular formula is C18H24N4O3. The lowest BCUT2D eigenvalue weighted by Gasteiger charge is -2.26. The van der Waals surface area contributed by atoms with E-state index < -0.39 is 0 Å². The minimum Gasteiger partial charge on any atom is -0.446 e. The summed E-state index contributed by atoms with van der Waals surface area (Å²) in [7, 11) is 0. The molecule has 3 N–H and O–H groups in total. The molecule has 1 aliphatic rings. The summed E-state index contributed by atoms with van der Waals surface area (Å²) in [5.41, 5.74) is 7.50. The molecule has 0 bridgehead atoms. The molecule has 7 heteroatoms. The van der Waals surface area contributed by atoms with Gasteiger partial charge in [-0.05, 0) is 12.0 Å². The summed E-state index contributed by atoms with van der Waals surface area (Å²) in [4.78, 5) is 18.7. The summed E-state index contributed by atoms with van der Waals surface area (Å²) >= 11 is 0. The molecule has 1 unspecified atom stereocenters. The summed E-state index contributed by atoms with van der Waals surface area (Å²) in [6.07, 6.45) is 1.98. The number of ether oxygens (including phenoxy) is 1. The van der Waals surface area contributed by atoms with Gasteiger partial charge in [-0.2, -0.15) is 0 Å². The first-order valence-electron chi connectivity index (χ1n) is 8.55. The second-order valence-corrected chi connectivity index (χ2v) is 6.08. The Morgan fingerprint density at radius 3 is 2.80 bits per heavy atom. The van der Waals surface area contributed by atoms with Crippen molar-refractivity contribution >= 4 is 5.91 Å². The van der Waals surface area contributed by atoms with Crippen LogP contribution in [0.2, 0.25) is 0 Å². The van der Waals surface area contributed by atoms with E-state index >= 15 is 0 Å². The van der Waals surface area contributed by atoms with Gasteiger partial charge in [0.25, 0.3) is 5.91 Å². The summed E-state index contributed by atoms with van der Waals surface area (Å²) < 4.78 is 10.7. The molecule has 7 nitrogen and oxygen atoms in total. The van der Waals surface area contributed by atoms with E-state index in [9.17, 15) is 4.79 Å². The van der Waals surface area contributed by atoms with Crippen LogP contribution in [0.25, 0.3) is 0 Å². The number of morpholine rings is 1. The summed E-state index contributed by atoms with van der Waals surface area (Å²) in [6.45, 7) is 4.67. The standard InChI is InChI=1S/C18H24N4O3/c19-15(12-14-4-2-1-3-5-14)18-21-16(13-25-18)17(23)20-6-7-22-8-10-24-11-9-22/h1-5,13,15H,6-12,19H2,(H,20,23). The van der Waals surface area contributed by atoms with Crippen LogP contribution >= 0.6 is 0 Å². The van der Waals surface area contributed by atoms with E-state index in [1.54, 1.807) is 0 Å². The predicted molar refractivity (Wildman–Crippen MR) is 93.2 cm³/mol. The van der Waals surface area contributed by atoms with Gasteiger partial charge in [-0.1, -0.05) is 30.3 Å². The molecule has 1 fully saturated rings. The maximum Gasteiger partial charge on any atom is 0.273 e. The first kappa shape index (κ1) is 17.6. The van der Waals surface area contributed by atoms with Crippen molar-refractivity contribution in [3.05, 3.63) is 53.7 Å². The summed E-state index contributed by atoms with van der Waals surface area (Å²) in [5, 5.41) is 2.86. The van der Waals surface area contributed by atoms with Gasteiger partial charge in [0, 0.05) is 26.2 Å².